The summed E-state index contributed by atoms with van der Waals surface area (Å²) in [5.74, 6) is 0.470. The molecule has 0 aliphatic rings. The molecule has 0 bridgehead atoms. The Morgan fingerprint density at radius 1 is 1.38 bits per heavy atom. The molecule has 1 rings (SSSR count). The van der Waals surface area contributed by atoms with Crippen LogP contribution in [0.4, 0.5) is 5.69 Å². The van der Waals surface area contributed by atoms with E-state index in [0.717, 1.165) is 5.69 Å². The van der Waals surface area contributed by atoms with Gasteiger partial charge in [0, 0.05) is 7.05 Å². The highest BCUT2D eigenvalue weighted by Gasteiger charge is 2.03. The molecule has 1 N–H and O–H groups in total. The van der Waals surface area contributed by atoms with Crippen LogP contribution in [0.1, 0.15) is 30.9 Å². The predicted octanol–water partition coefficient (Wildman–Crippen LogP) is 2.72. The first-order valence-electron chi connectivity index (χ1n) is 4.41. The van der Waals surface area contributed by atoms with Gasteiger partial charge in [-0.15, -0.1) is 0 Å². The normalized spacial score (nSPS) is 9.77. The van der Waals surface area contributed by atoms with Crippen molar-refractivity contribution in [1.82, 2.24) is 0 Å². The Hall–Kier alpha value is -1.49. The van der Waals surface area contributed by atoms with Gasteiger partial charge in [0.2, 0.25) is 0 Å². The number of hydrogen-bond acceptors (Lipinski definition) is 2. The molecule has 0 amide bonds. The first-order chi connectivity index (χ1) is 6.19. The van der Waals surface area contributed by atoms with Crippen LogP contribution in [0.15, 0.2) is 18.2 Å². The zero-order valence-electron chi connectivity index (χ0n) is 8.26. The number of nitrogens with zero attached hydrogens (tertiary/aromatic N) is 1. The van der Waals surface area contributed by atoms with Gasteiger partial charge in [0.15, 0.2) is 0 Å². The molecule has 0 fully saturated rings. The van der Waals surface area contributed by atoms with Gasteiger partial charge >= 0.3 is 0 Å². The van der Waals surface area contributed by atoms with Crippen LogP contribution in [-0.4, -0.2) is 7.05 Å². The van der Waals surface area contributed by atoms with Crippen molar-refractivity contribution >= 4 is 5.69 Å². The molecule has 2 heteroatoms. The molecule has 0 saturated carbocycles. The predicted molar refractivity (Wildman–Crippen MR) is 54.8 cm³/mol. The minimum absolute atomic E-state index is 0.470. The molecule has 13 heavy (non-hydrogen) atoms. The molecular formula is C11H14N2. The third-order valence-electron chi connectivity index (χ3n) is 2.10. The summed E-state index contributed by atoms with van der Waals surface area (Å²) in [4.78, 5) is 0. The summed E-state index contributed by atoms with van der Waals surface area (Å²) < 4.78 is 0. The van der Waals surface area contributed by atoms with Gasteiger partial charge in [0.05, 0.1) is 11.3 Å². The smallest absolute Gasteiger partial charge is 0.101 e. The maximum absolute atomic E-state index is 8.87. The molecule has 0 heterocycles. The minimum atomic E-state index is 0.470. The average Bonchev–Trinajstić information content (AvgIpc) is 2.16. The van der Waals surface area contributed by atoms with Gasteiger partial charge in [-0.2, -0.15) is 5.26 Å². The Balaban J connectivity index is 3.15. The molecular weight excluding hydrogens is 160 g/mol. The van der Waals surface area contributed by atoms with Gasteiger partial charge in [-0.1, -0.05) is 19.9 Å². The molecule has 0 aromatic heterocycles. The molecule has 0 spiro atoms. The van der Waals surface area contributed by atoms with E-state index in [-0.39, 0.29) is 0 Å². The van der Waals surface area contributed by atoms with Gasteiger partial charge < -0.3 is 5.32 Å². The number of hydrogen-bond donors (Lipinski definition) is 1. The van der Waals surface area contributed by atoms with Crippen LogP contribution >= 0.6 is 0 Å². The van der Waals surface area contributed by atoms with Gasteiger partial charge in [-0.25, -0.2) is 0 Å². The Bertz CT molecular complexity index is 334. The van der Waals surface area contributed by atoms with E-state index in [0.29, 0.717) is 11.5 Å². The van der Waals surface area contributed by atoms with Gasteiger partial charge in [-0.05, 0) is 23.6 Å². The lowest BCUT2D eigenvalue weighted by Crippen LogP contribution is -1.95. The van der Waals surface area contributed by atoms with E-state index in [4.69, 9.17) is 5.26 Å². The highest BCUT2D eigenvalue weighted by Crippen LogP contribution is 2.21. The first kappa shape index (κ1) is 9.60. The molecule has 68 valence electrons. The summed E-state index contributed by atoms with van der Waals surface area (Å²) in [6.45, 7) is 4.24. The van der Waals surface area contributed by atoms with Crippen LogP contribution in [0.3, 0.4) is 0 Å². The molecule has 0 radical (unpaired) electrons. The summed E-state index contributed by atoms with van der Waals surface area (Å²) in [7, 11) is 1.82. The lowest BCUT2D eigenvalue weighted by atomic mass is 10.0. The van der Waals surface area contributed by atoms with E-state index < -0.39 is 0 Å². The minimum Gasteiger partial charge on any atom is -0.387 e. The second kappa shape index (κ2) is 3.95. The van der Waals surface area contributed by atoms with E-state index >= 15 is 0 Å². The van der Waals surface area contributed by atoms with Gasteiger partial charge in [-0.3, -0.25) is 0 Å². The molecule has 0 aliphatic heterocycles. The average molecular weight is 174 g/mol. The number of benzene rings is 1. The van der Waals surface area contributed by atoms with E-state index in [1.807, 2.05) is 19.2 Å². The Morgan fingerprint density at radius 2 is 2.08 bits per heavy atom. The number of anilines is 1. The molecule has 2 nitrogen and oxygen atoms in total. The van der Waals surface area contributed by atoms with Crippen molar-refractivity contribution in [3.63, 3.8) is 0 Å². The van der Waals surface area contributed by atoms with Crippen molar-refractivity contribution < 1.29 is 0 Å². The van der Waals surface area contributed by atoms with Gasteiger partial charge in [0.1, 0.15) is 6.07 Å². The number of nitrogens with one attached hydrogen (secondary N) is 1. The van der Waals surface area contributed by atoms with Crippen molar-refractivity contribution in [3.05, 3.63) is 29.3 Å². The monoisotopic (exact) mass is 174 g/mol. The molecule has 0 unspecified atom stereocenters. The van der Waals surface area contributed by atoms with Crippen LogP contribution in [-0.2, 0) is 0 Å². The van der Waals surface area contributed by atoms with Crippen molar-refractivity contribution in [2.24, 2.45) is 0 Å². The maximum Gasteiger partial charge on any atom is 0.101 e. The fourth-order valence-electron chi connectivity index (χ4n) is 1.23. The standard InChI is InChI=1S/C11H14N2/c1-8(2)9-4-5-11(13-3)10(6-9)7-12/h4-6,8,13H,1-3H3. The van der Waals surface area contributed by atoms with E-state index in [1.165, 1.54) is 5.56 Å². The van der Waals surface area contributed by atoms with Crippen molar-refractivity contribution in [3.8, 4) is 6.07 Å². The molecule has 1 aromatic rings. The van der Waals surface area contributed by atoms with Crippen LogP contribution < -0.4 is 5.32 Å². The second-order valence-electron chi connectivity index (χ2n) is 3.32. The lowest BCUT2D eigenvalue weighted by Gasteiger charge is -2.08. The fraction of sp³-hybridized carbons (Fsp3) is 0.364. The molecule has 1 aromatic carbocycles. The lowest BCUT2D eigenvalue weighted by molar-refractivity contribution is 0.866. The van der Waals surface area contributed by atoms with Crippen LogP contribution in [0.2, 0.25) is 0 Å². The van der Waals surface area contributed by atoms with Gasteiger partial charge in [0.25, 0.3) is 0 Å². The number of rotatable bonds is 2. The second-order valence-corrected chi connectivity index (χ2v) is 3.32. The summed E-state index contributed by atoms with van der Waals surface area (Å²) in [5, 5.41) is 11.9. The summed E-state index contributed by atoms with van der Waals surface area (Å²) in [6, 6.07) is 8.13. The third-order valence-corrected chi connectivity index (χ3v) is 2.10. The van der Waals surface area contributed by atoms with Crippen molar-refractivity contribution in [1.29, 1.82) is 5.26 Å². The highest BCUT2D eigenvalue weighted by atomic mass is 14.8. The van der Waals surface area contributed by atoms with Crippen LogP contribution in [0.25, 0.3) is 0 Å². The third kappa shape index (κ3) is 2.00. The molecule has 0 saturated heterocycles. The zero-order chi connectivity index (χ0) is 9.84. The highest BCUT2D eigenvalue weighted by molar-refractivity contribution is 5.58. The fourth-order valence-corrected chi connectivity index (χ4v) is 1.23. The molecule has 0 aliphatic carbocycles. The zero-order valence-corrected chi connectivity index (χ0v) is 8.26. The van der Waals surface area contributed by atoms with Crippen LogP contribution in [0.5, 0.6) is 0 Å². The van der Waals surface area contributed by atoms with Crippen LogP contribution in [0, 0.1) is 11.3 Å². The van der Waals surface area contributed by atoms with E-state index in [2.05, 4.69) is 31.3 Å². The number of nitriles is 1. The Kier molecular flexibility index (Phi) is 2.92. The Labute approximate surface area is 79.2 Å². The molecule has 0 atom stereocenters. The van der Waals surface area contributed by atoms with E-state index in [9.17, 15) is 0 Å². The van der Waals surface area contributed by atoms with Crippen molar-refractivity contribution in [2.75, 3.05) is 12.4 Å². The Morgan fingerprint density at radius 3 is 2.54 bits per heavy atom. The topological polar surface area (TPSA) is 35.8 Å². The van der Waals surface area contributed by atoms with Crippen molar-refractivity contribution in [2.45, 2.75) is 19.8 Å². The SMILES string of the molecule is CNc1ccc(C(C)C)cc1C#N. The summed E-state index contributed by atoms with van der Waals surface area (Å²) >= 11 is 0. The first-order valence-corrected chi connectivity index (χ1v) is 4.41. The summed E-state index contributed by atoms with van der Waals surface area (Å²) in [6.07, 6.45) is 0. The van der Waals surface area contributed by atoms with E-state index in [1.54, 1.807) is 0 Å². The quantitative estimate of drug-likeness (QED) is 0.748. The maximum atomic E-state index is 8.87. The summed E-state index contributed by atoms with van der Waals surface area (Å²) in [5.41, 5.74) is 2.82. The largest absolute Gasteiger partial charge is 0.387 e.